The van der Waals surface area contributed by atoms with E-state index < -0.39 is 62.9 Å². The van der Waals surface area contributed by atoms with E-state index >= 15 is 0 Å². The standard InChI is InChI=1S/C20H22BrF3N3O9P/c1-11-7-27(19(30)25-17(11)28)15-8-32-16(35-15)9-34-37(31,36-14-5-3-13(21)4-6-14)26-12(2)18(29)33-10-20(22,23)24/h3-7,12,15-16H,8-10H2,1-2H3,(H,26,31)(H,25,28,30)/t12?,15-,16-,37?/m1/s1. The summed E-state index contributed by atoms with van der Waals surface area (Å²) in [5.41, 5.74) is -1.03. The monoisotopic (exact) mass is 615 g/mol. The molecule has 1 aliphatic heterocycles. The summed E-state index contributed by atoms with van der Waals surface area (Å²) < 4.78 is 78.3. The van der Waals surface area contributed by atoms with Gasteiger partial charge < -0.3 is 18.7 Å². The van der Waals surface area contributed by atoms with Gasteiger partial charge in [-0.3, -0.25) is 23.7 Å². The Morgan fingerprint density at radius 3 is 2.65 bits per heavy atom. The maximum Gasteiger partial charge on any atom is 0.459 e. The van der Waals surface area contributed by atoms with Gasteiger partial charge in [-0.1, -0.05) is 15.9 Å². The fourth-order valence-corrected chi connectivity index (χ4v) is 4.67. The highest BCUT2D eigenvalue weighted by atomic mass is 79.9. The molecular formula is C20H22BrF3N3O9P. The van der Waals surface area contributed by atoms with Crippen LogP contribution >= 0.6 is 23.7 Å². The molecule has 17 heteroatoms. The van der Waals surface area contributed by atoms with Crippen molar-refractivity contribution in [3.8, 4) is 5.75 Å². The first kappa shape index (κ1) is 29.1. The van der Waals surface area contributed by atoms with Crippen molar-refractivity contribution in [2.45, 2.75) is 38.6 Å². The third-order valence-electron chi connectivity index (χ3n) is 4.69. The van der Waals surface area contributed by atoms with Crippen molar-refractivity contribution in [3.63, 3.8) is 0 Å². The Hall–Kier alpha value is -2.49. The van der Waals surface area contributed by atoms with Crippen LogP contribution in [0.5, 0.6) is 5.75 Å². The first-order valence-electron chi connectivity index (χ1n) is 10.5. The number of alkyl halides is 3. The Balaban J connectivity index is 1.69. The number of aromatic nitrogens is 2. The number of carbonyl (C=O) groups excluding carboxylic acids is 1. The van der Waals surface area contributed by atoms with Gasteiger partial charge in [-0.05, 0) is 38.1 Å². The maximum absolute atomic E-state index is 13.4. The van der Waals surface area contributed by atoms with Crippen LogP contribution in [0.4, 0.5) is 13.2 Å². The first-order chi connectivity index (χ1) is 17.2. The van der Waals surface area contributed by atoms with E-state index in [0.29, 0.717) is 4.47 Å². The van der Waals surface area contributed by atoms with E-state index in [9.17, 15) is 32.1 Å². The Kier molecular flexibility index (Phi) is 9.37. The van der Waals surface area contributed by atoms with Gasteiger partial charge in [0.1, 0.15) is 18.4 Å². The minimum absolute atomic E-state index is 0.0521. The molecule has 204 valence electrons. The molecule has 0 radical (unpaired) electrons. The van der Waals surface area contributed by atoms with Crippen molar-refractivity contribution >= 4 is 29.6 Å². The molecule has 0 aliphatic carbocycles. The van der Waals surface area contributed by atoms with Gasteiger partial charge in [-0.25, -0.2) is 9.36 Å². The predicted octanol–water partition coefficient (Wildman–Crippen LogP) is 2.77. The number of hydrogen-bond donors (Lipinski definition) is 2. The molecule has 0 bridgehead atoms. The lowest BCUT2D eigenvalue weighted by Gasteiger charge is -2.24. The molecule has 12 nitrogen and oxygen atoms in total. The number of hydrogen-bond acceptors (Lipinski definition) is 9. The molecule has 1 saturated heterocycles. The molecular weight excluding hydrogens is 594 g/mol. The lowest BCUT2D eigenvalue weighted by atomic mass is 10.3. The number of esters is 1. The zero-order valence-electron chi connectivity index (χ0n) is 19.3. The van der Waals surface area contributed by atoms with Gasteiger partial charge in [0.2, 0.25) is 0 Å². The molecule has 1 fully saturated rings. The molecule has 37 heavy (non-hydrogen) atoms. The number of H-pyrrole nitrogens is 1. The van der Waals surface area contributed by atoms with E-state index in [2.05, 4.69) is 30.7 Å². The van der Waals surface area contributed by atoms with Crippen LogP contribution in [-0.4, -0.2) is 53.8 Å². The van der Waals surface area contributed by atoms with Crippen molar-refractivity contribution in [1.82, 2.24) is 14.6 Å². The van der Waals surface area contributed by atoms with E-state index in [1.54, 1.807) is 12.1 Å². The topological polar surface area (TPSA) is 147 Å². The van der Waals surface area contributed by atoms with Gasteiger partial charge in [0, 0.05) is 16.2 Å². The number of aryl methyl sites for hydroxylation is 1. The molecule has 1 aromatic carbocycles. The summed E-state index contributed by atoms with van der Waals surface area (Å²) in [6.45, 7) is 0.131. The van der Waals surface area contributed by atoms with E-state index in [-0.39, 0.29) is 17.9 Å². The van der Waals surface area contributed by atoms with Crippen molar-refractivity contribution in [2.24, 2.45) is 0 Å². The summed E-state index contributed by atoms with van der Waals surface area (Å²) in [5, 5.41) is 2.23. The average molecular weight is 616 g/mol. The van der Waals surface area contributed by atoms with Crippen molar-refractivity contribution in [3.05, 3.63) is 61.3 Å². The van der Waals surface area contributed by atoms with Crippen LogP contribution in [-0.2, 0) is 28.1 Å². The summed E-state index contributed by atoms with van der Waals surface area (Å²) in [6, 6.07) is 4.47. The van der Waals surface area contributed by atoms with Crippen LogP contribution in [0.2, 0.25) is 0 Å². The molecule has 1 aliphatic rings. The molecule has 2 N–H and O–H groups in total. The van der Waals surface area contributed by atoms with Gasteiger partial charge in [0.15, 0.2) is 19.1 Å². The summed E-state index contributed by atoms with van der Waals surface area (Å²) in [7, 11) is -4.42. The minimum atomic E-state index is -4.75. The third kappa shape index (κ3) is 8.51. The molecule has 3 rings (SSSR count). The fraction of sp³-hybridized carbons (Fsp3) is 0.450. The highest BCUT2D eigenvalue weighted by Gasteiger charge is 2.37. The van der Waals surface area contributed by atoms with Crippen LogP contribution in [0.15, 0.2) is 44.5 Å². The number of aromatic amines is 1. The number of benzene rings is 1. The zero-order chi connectivity index (χ0) is 27.4. The molecule has 4 atom stereocenters. The van der Waals surface area contributed by atoms with Crippen LogP contribution in [0.1, 0.15) is 18.7 Å². The van der Waals surface area contributed by atoms with Gasteiger partial charge in [0.25, 0.3) is 5.56 Å². The largest absolute Gasteiger partial charge is 0.459 e. The number of carbonyl (C=O) groups is 1. The summed E-state index contributed by atoms with van der Waals surface area (Å²) in [5.74, 6) is -1.29. The van der Waals surface area contributed by atoms with Gasteiger partial charge >= 0.3 is 25.6 Å². The SMILES string of the molecule is Cc1cn([C@H]2CO[C@@H](COP(=O)(NC(C)C(=O)OCC(F)(F)F)Oc3ccc(Br)cc3)O2)c(=O)[nH]c1=O. The van der Waals surface area contributed by atoms with Crippen LogP contribution in [0.25, 0.3) is 0 Å². The lowest BCUT2D eigenvalue weighted by Crippen LogP contribution is -2.37. The maximum atomic E-state index is 13.4. The Bertz CT molecular complexity index is 1270. The van der Waals surface area contributed by atoms with Gasteiger partial charge in [0.05, 0.1) is 6.61 Å². The van der Waals surface area contributed by atoms with E-state index in [1.165, 1.54) is 25.3 Å². The first-order valence-corrected chi connectivity index (χ1v) is 12.9. The van der Waals surface area contributed by atoms with Crippen molar-refractivity contribution < 1.29 is 45.8 Å². The quantitative estimate of drug-likeness (QED) is 0.302. The second-order valence-electron chi connectivity index (χ2n) is 7.74. The molecule has 0 saturated carbocycles. The van der Waals surface area contributed by atoms with Crippen LogP contribution < -0.4 is 20.9 Å². The lowest BCUT2D eigenvalue weighted by molar-refractivity contribution is -0.187. The van der Waals surface area contributed by atoms with E-state index in [1.807, 2.05) is 0 Å². The average Bonchev–Trinajstić information content (AvgIpc) is 3.28. The summed E-state index contributed by atoms with van der Waals surface area (Å²) in [6.07, 6.45) is -5.55. The molecule has 0 spiro atoms. The molecule has 2 aromatic rings. The number of nitrogens with one attached hydrogen (secondary N) is 2. The Morgan fingerprint density at radius 2 is 2.00 bits per heavy atom. The van der Waals surface area contributed by atoms with E-state index in [0.717, 1.165) is 11.5 Å². The van der Waals surface area contributed by atoms with Gasteiger partial charge in [-0.2, -0.15) is 18.3 Å². The highest BCUT2D eigenvalue weighted by Crippen LogP contribution is 2.45. The fourth-order valence-electron chi connectivity index (χ4n) is 2.93. The number of halogens is 4. The van der Waals surface area contributed by atoms with Crippen LogP contribution in [0, 0.1) is 6.92 Å². The summed E-state index contributed by atoms with van der Waals surface area (Å²) >= 11 is 3.23. The van der Waals surface area contributed by atoms with E-state index in [4.69, 9.17) is 18.5 Å². The molecule has 2 unspecified atom stereocenters. The van der Waals surface area contributed by atoms with Crippen molar-refractivity contribution in [2.75, 3.05) is 19.8 Å². The summed E-state index contributed by atoms with van der Waals surface area (Å²) in [4.78, 5) is 37.8. The second-order valence-corrected chi connectivity index (χ2v) is 10.4. The smallest absolute Gasteiger partial charge is 0.455 e. The molecule has 1 aromatic heterocycles. The number of rotatable bonds is 10. The van der Waals surface area contributed by atoms with Crippen molar-refractivity contribution in [1.29, 1.82) is 0 Å². The Morgan fingerprint density at radius 1 is 1.32 bits per heavy atom. The number of nitrogens with zero attached hydrogens (tertiary/aromatic N) is 1. The molecule has 2 heterocycles. The van der Waals surface area contributed by atoms with Crippen LogP contribution in [0.3, 0.4) is 0 Å². The zero-order valence-corrected chi connectivity index (χ0v) is 21.8. The highest BCUT2D eigenvalue weighted by molar-refractivity contribution is 9.10. The van der Waals surface area contributed by atoms with Gasteiger partial charge in [-0.15, -0.1) is 0 Å². The molecule has 0 amide bonds. The third-order valence-corrected chi connectivity index (χ3v) is 6.87. The Labute approximate surface area is 215 Å². The number of ether oxygens (including phenoxy) is 3. The second kappa shape index (κ2) is 11.9. The minimum Gasteiger partial charge on any atom is -0.455 e. The predicted molar refractivity (Wildman–Crippen MR) is 124 cm³/mol. The normalized spacial score (nSPS) is 20.3.